The molecule has 1 aromatic carbocycles. The molecule has 1 rings (SSSR count). The molecule has 0 bridgehead atoms. The van der Waals surface area contributed by atoms with Crippen LogP contribution in [0, 0.1) is 0 Å². The molecule has 5 nitrogen and oxygen atoms in total. The Morgan fingerprint density at radius 2 is 1.45 bits per heavy atom. The van der Waals surface area contributed by atoms with Crippen LogP contribution >= 0.6 is 6.83 Å². The normalized spacial score (nSPS) is 13.6. The maximum absolute atomic E-state index is 13.4. The quantitative estimate of drug-likeness (QED) is 0.256. The maximum atomic E-state index is 13.4. The number of rotatable bonds is 14. The number of esters is 1. The van der Waals surface area contributed by atoms with E-state index in [-0.39, 0.29) is 10.5 Å². The Labute approximate surface area is 177 Å². The topological polar surface area (TPSA) is 69.7 Å². The van der Waals surface area contributed by atoms with E-state index in [2.05, 4.69) is 27.7 Å². The van der Waals surface area contributed by atoms with Gasteiger partial charge in [-0.15, -0.1) is 0 Å². The molecular formula is C22H39O5PS. The van der Waals surface area contributed by atoms with Gasteiger partial charge >= 0.3 is 178 Å². The summed E-state index contributed by atoms with van der Waals surface area (Å²) in [6, 6.07) is 5.98. The standard InChI is InChI=1S/C22H39O5PS/c1-6-10-16-28(9-4,17-11-7-2,18-12-8-3)27-29(24,25)21-15-13-14-20(19-21)22(23)26-5/h13-15,19H,6-12,16-18H2,1-5H3. The Balaban J connectivity index is 3.46. The third-order valence-corrected chi connectivity index (χ3v) is 15.1. The molecule has 1 aromatic rings. The first-order valence-electron chi connectivity index (χ1n) is 10.9. The number of benzene rings is 1. The van der Waals surface area contributed by atoms with Crippen molar-refractivity contribution in [3.63, 3.8) is 0 Å². The second-order valence-electron chi connectivity index (χ2n) is 7.95. The van der Waals surface area contributed by atoms with E-state index >= 15 is 0 Å². The van der Waals surface area contributed by atoms with Crippen molar-refractivity contribution in [2.45, 2.75) is 71.1 Å². The fourth-order valence-electron chi connectivity index (χ4n) is 3.87. The summed E-state index contributed by atoms with van der Waals surface area (Å²) >= 11 is 0. The number of unbranched alkanes of at least 4 members (excludes halogenated alkanes) is 3. The molecule has 0 aliphatic carbocycles. The molecule has 0 N–H and O–H groups in total. The van der Waals surface area contributed by atoms with Crippen LogP contribution in [0.3, 0.4) is 0 Å². The van der Waals surface area contributed by atoms with Crippen molar-refractivity contribution >= 4 is 22.9 Å². The van der Waals surface area contributed by atoms with E-state index in [4.69, 9.17) is 8.71 Å². The first-order valence-corrected chi connectivity index (χ1v) is 15.2. The van der Waals surface area contributed by atoms with E-state index < -0.39 is 22.9 Å². The molecule has 0 atom stereocenters. The van der Waals surface area contributed by atoms with Crippen LogP contribution in [0.25, 0.3) is 0 Å². The van der Waals surface area contributed by atoms with Gasteiger partial charge in [0.25, 0.3) is 0 Å². The summed E-state index contributed by atoms with van der Waals surface area (Å²) in [5.74, 6) is -0.557. The summed E-state index contributed by atoms with van der Waals surface area (Å²) < 4.78 is 38.0. The van der Waals surface area contributed by atoms with Gasteiger partial charge in [0.2, 0.25) is 0 Å². The SMILES string of the molecule is CCCCP(CC)(CCCC)(CCCC)OS(=O)(=O)c1cccc(C(=O)OC)c1. The van der Waals surface area contributed by atoms with Gasteiger partial charge in [0.1, 0.15) is 0 Å². The van der Waals surface area contributed by atoms with Crippen LogP contribution in [0.4, 0.5) is 0 Å². The van der Waals surface area contributed by atoms with E-state index in [0.717, 1.165) is 63.2 Å². The Kier molecular flexibility index (Phi) is 10.3. The van der Waals surface area contributed by atoms with E-state index in [1.165, 1.54) is 19.2 Å². The molecule has 0 unspecified atom stereocenters. The third kappa shape index (κ3) is 6.77. The number of methoxy groups -OCH3 is 1. The fraction of sp³-hybridized carbons (Fsp3) is 0.682. The molecule has 0 saturated carbocycles. The molecule has 0 aliphatic rings. The van der Waals surface area contributed by atoms with Gasteiger partial charge in [-0.05, 0) is 0 Å². The Bertz CT molecular complexity index is 736. The van der Waals surface area contributed by atoms with E-state index in [1.54, 1.807) is 12.1 Å². The van der Waals surface area contributed by atoms with Crippen molar-refractivity contribution in [1.29, 1.82) is 0 Å². The summed E-state index contributed by atoms with van der Waals surface area (Å²) in [6.07, 6.45) is 9.23. The molecule has 168 valence electrons. The van der Waals surface area contributed by atoms with Gasteiger partial charge in [-0.3, -0.25) is 0 Å². The number of hydrogen-bond donors (Lipinski definition) is 0. The zero-order valence-electron chi connectivity index (χ0n) is 18.8. The molecule has 0 radical (unpaired) electrons. The second-order valence-corrected chi connectivity index (χ2v) is 15.6. The number of carbonyl (C=O) groups is 1. The average molecular weight is 447 g/mol. The first kappa shape index (κ1) is 26.1. The van der Waals surface area contributed by atoms with Crippen molar-refractivity contribution < 1.29 is 21.9 Å². The van der Waals surface area contributed by atoms with Crippen LogP contribution < -0.4 is 0 Å². The molecule has 7 heteroatoms. The van der Waals surface area contributed by atoms with Crippen molar-refractivity contribution in [3.05, 3.63) is 29.8 Å². The zero-order chi connectivity index (χ0) is 22.0. The van der Waals surface area contributed by atoms with Crippen LogP contribution in [0.2, 0.25) is 0 Å². The first-order chi connectivity index (χ1) is 13.7. The molecule has 0 fully saturated rings. The zero-order valence-corrected chi connectivity index (χ0v) is 20.5. The summed E-state index contributed by atoms with van der Waals surface area (Å²) in [4.78, 5) is 11.9. The van der Waals surface area contributed by atoms with Gasteiger partial charge in [-0.1, -0.05) is 0 Å². The van der Waals surface area contributed by atoms with Crippen molar-refractivity contribution in [1.82, 2.24) is 0 Å². The monoisotopic (exact) mass is 446 g/mol. The fourth-order valence-corrected chi connectivity index (χ4v) is 13.2. The van der Waals surface area contributed by atoms with Crippen molar-refractivity contribution in [3.8, 4) is 0 Å². The molecular weight excluding hydrogens is 407 g/mol. The van der Waals surface area contributed by atoms with Gasteiger partial charge in [-0.2, -0.15) is 0 Å². The predicted molar refractivity (Wildman–Crippen MR) is 123 cm³/mol. The van der Waals surface area contributed by atoms with Gasteiger partial charge < -0.3 is 0 Å². The van der Waals surface area contributed by atoms with Crippen molar-refractivity contribution in [2.24, 2.45) is 0 Å². The summed E-state index contributed by atoms with van der Waals surface area (Å²) in [5.41, 5.74) is 0.213. The molecule has 0 heterocycles. The molecule has 0 spiro atoms. The van der Waals surface area contributed by atoms with Crippen LogP contribution in [0.1, 0.15) is 76.6 Å². The molecule has 0 amide bonds. The Morgan fingerprint density at radius 3 is 1.86 bits per heavy atom. The van der Waals surface area contributed by atoms with Crippen LogP contribution in [0.5, 0.6) is 0 Å². The minimum absolute atomic E-state index is 0.0346. The Morgan fingerprint density at radius 1 is 0.931 bits per heavy atom. The second kappa shape index (κ2) is 11.4. The molecule has 0 saturated heterocycles. The van der Waals surface area contributed by atoms with Gasteiger partial charge in [0, 0.05) is 0 Å². The van der Waals surface area contributed by atoms with E-state index in [9.17, 15) is 13.2 Å². The molecule has 0 aliphatic heterocycles. The average Bonchev–Trinajstić information content (AvgIpc) is 2.74. The predicted octanol–water partition coefficient (Wildman–Crippen LogP) is 6.07. The van der Waals surface area contributed by atoms with Crippen LogP contribution in [-0.4, -0.2) is 46.1 Å². The van der Waals surface area contributed by atoms with Crippen LogP contribution in [-0.2, 0) is 18.8 Å². The van der Waals surface area contributed by atoms with E-state index in [0.29, 0.717) is 0 Å². The number of hydrogen-bond acceptors (Lipinski definition) is 5. The summed E-state index contributed by atoms with van der Waals surface area (Å²) in [7, 11) is -2.71. The van der Waals surface area contributed by atoms with Gasteiger partial charge in [0.05, 0.1) is 0 Å². The molecule has 0 aromatic heterocycles. The third-order valence-electron chi connectivity index (χ3n) is 5.88. The summed E-state index contributed by atoms with van der Waals surface area (Å²) in [6.45, 7) is 5.54. The van der Waals surface area contributed by atoms with Crippen LogP contribution in [0.15, 0.2) is 29.2 Å². The van der Waals surface area contributed by atoms with Gasteiger partial charge in [-0.25, -0.2) is 0 Å². The minimum atomic E-state index is -3.99. The summed E-state index contributed by atoms with van der Waals surface area (Å²) in [5, 5.41) is 0. The van der Waals surface area contributed by atoms with E-state index in [1.807, 2.05) is 0 Å². The van der Waals surface area contributed by atoms with Crippen molar-refractivity contribution in [2.75, 3.05) is 31.8 Å². The van der Waals surface area contributed by atoms with Gasteiger partial charge in [0.15, 0.2) is 0 Å². The number of carbonyl (C=O) groups excluding carboxylic acids is 1. The molecule has 29 heavy (non-hydrogen) atoms. The Hall–Kier alpha value is -0.970. The number of ether oxygens (including phenoxy) is 1.